The van der Waals surface area contributed by atoms with Crippen LogP contribution in [0, 0.1) is 0 Å². The highest BCUT2D eigenvalue weighted by molar-refractivity contribution is 6.08. The van der Waals surface area contributed by atoms with Crippen molar-refractivity contribution in [1.29, 1.82) is 0 Å². The number of unbranched alkanes of at least 4 members (excludes halogenated alkanes) is 1. The van der Waals surface area contributed by atoms with E-state index in [0.29, 0.717) is 6.54 Å². The topological polar surface area (TPSA) is 44.7 Å². The Bertz CT molecular complexity index is 305. The summed E-state index contributed by atoms with van der Waals surface area (Å²) in [6, 6.07) is 0. The van der Waals surface area contributed by atoms with Gasteiger partial charge in [-0.15, -0.1) is 0 Å². The molecule has 0 aromatic carbocycles. The lowest BCUT2D eigenvalue weighted by Gasteiger charge is -2.29. The molecule has 4 heteroatoms. The molecule has 2 aliphatic rings. The Morgan fingerprint density at radius 3 is 3.00 bits per heavy atom. The summed E-state index contributed by atoms with van der Waals surface area (Å²) in [4.78, 5) is 18.7. The normalized spacial score (nSPS) is 30.0. The highest BCUT2D eigenvalue weighted by atomic mass is 16.2. The van der Waals surface area contributed by atoms with Gasteiger partial charge in [-0.05, 0) is 25.8 Å². The lowest BCUT2D eigenvalue weighted by Crippen LogP contribution is -2.51. The van der Waals surface area contributed by atoms with Gasteiger partial charge in [-0.1, -0.05) is 13.3 Å². The van der Waals surface area contributed by atoms with Gasteiger partial charge in [-0.25, -0.2) is 0 Å². The lowest BCUT2D eigenvalue weighted by molar-refractivity contribution is -0.130. The Kier molecular flexibility index (Phi) is 3.28. The number of nitrogens with one attached hydrogen (secondary N) is 1. The molecular weight excluding hydrogens is 202 g/mol. The molecule has 1 spiro atoms. The minimum absolute atomic E-state index is 0.186. The maximum Gasteiger partial charge on any atom is 0.256 e. The Balaban J connectivity index is 2.14. The first-order chi connectivity index (χ1) is 7.69. The average molecular weight is 223 g/mol. The number of carbonyl (C=O) groups excluding carboxylic acids is 1. The molecule has 2 heterocycles. The fourth-order valence-electron chi connectivity index (χ4n) is 2.53. The van der Waals surface area contributed by atoms with Crippen molar-refractivity contribution in [2.45, 2.75) is 44.6 Å². The van der Waals surface area contributed by atoms with E-state index in [1.165, 1.54) is 0 Å². The molecule has 16 heavy (non-hydrogen) atoms. The molecule has 1 fully saturated rings. The van der Waals surface area contributed by atoms with Gasteiger partial charge in [0.2, 0.25) is 0 Å². The molecule has 1 amide bonds. The van der Waals surface area contributed by atoms with Crippen LogP contribution in [0.4, 0.5) is 0 Å². The molecule has 1 atom stereocenters. The van der Waals surface area contributed by atoms with Gasteiger partial charge in [0.1, 0.15) is 5.84 Å². The third kappa shape index (κ3) is 1.86. The molecule has 4 nitrogen and oxygen atoms in total. The molecule has 2 rings (SSSR count). The fourth-order valence-corrected chi connectivity index (χ4v) is 2.53. The molecule has 2 aliphatic heterocycles. The Morgan fingerprint density at radius 2 is 2.38 bits per heavy atom. The first-order valence-corrected chi connectivity index (χ1v) is 6.27. The molecule has 0 aromatic heterocycles. The van der Waals surface area contributed by atoms with E-state index in [-0.39, 0.29) is 5.91 Å². The van der Waals surface area contributed by atoms with Crippen molar-refractivity contribution in [1.82, 2.24) is 10.2 Å². The van der Waals surface area contributed by atoms with Crippen LogP contribution in [0.15, 0.2) is 4.99 Å². The minimum atomic E-state index is -0.462. The number of likely N-dealkylation sites (N-methyl/N-ethyl adjacent to an activating group) is 1. The van der Waals surface area contributed by atoms with Crippen LogP contribution in [0.1, 0.15) is 39.0 Å². The summed E-state index contributed by atoms with van der Waals surface area (Å²) in [5.74, 6) is 1.17. The molecule has 1 N–H and O–H groups in total. The molecule has 0 aliphatic carbocycles. The third-order valence-electron chi connectivity index (χ3n) is 3.55. The number of aliphatic imine (C=N–C) groups is 1. The van der Waals surface area contributed by atoms with Crippen LogP contribution in [0.5, 0.6) is 0 Å². The SMILES string of the molecule is CCCCC1=NC2(CCCNC2)C(=O)N1C. The van der Waals surface area contributed by atoms with Crippen LogP contribution in [-0.4, -0.2) is 42.3 Å². The Hall–Kier alpha value is -0.900. The van der Waals surface area contributed by atoms with Crippen molar-refractivity contribution in [2.24, 2.45) is 4.99 Å². The number of piperidine rings is 1. The van der Waals surface area contributed by atoms with E-state index in [4.69, 9.17) is 4.99 Å². The Morgan fingerprint density at radius 1 is 1.56 bits per heavy atom. The summed E-state index contributed by atoms with van der Waals surface area (Å²) in [7, 11) is 1.86. The molecule has 1 saturated heterocycles. The number of hydrogen-bond acceptors (Lipinski definition) is 3. The highest BCUT2D eigenvalue weighted by Crippen LogP contribution is 2.29. The summed E-state index contributed by atoms with van der Waals surface area (Å²) in [5, 5.41) is 3.29. The minimum Gasteiger partial charge on any atom is -0.314 e. The van der Waals surface area contributed by atoms with E-state index < -0.39 is 5.54 Å². The van der Waals surface area contributed by atoms with Crippen LogP contribution in [-0.2, 0) is 4.79 Å². The van der Waals surface area contributed by atoms with Crippen molar-refractivity contribution < 1.29 is 4.79 Å². The van der Waals surface area contributed by atoms with Crippen molar-refractivity contribution in [3.63, 3.8) is 0 Å². The molecule has 1 unspecified atom stereocenters. The molecule has 0 bridgehead atoms. The van der Waals surface area contributed by atoms with E-state index in [1.54, 1.807) is 4.90 Å². The van der Waals surface area contributed by atoms with E-state index in [1.807, 2.05) is 7.05 Å². The quantitative estimate of drug-likeness (QED) is 0.780. The summed E-state index contributed by atoms with van der Waals surface area (Å²) in [5.41, 5.74) is -0.462. The predicted molar refractivity (Wildman–Crippen MR) is 64.6 cm³/mol. The monoisotopic (exact) mass is 223 g/mol. The summed E-state index contributed by atoms with van der Waals surface area (Å²) in [6.07, 6.45) is 5.13. The van der Waals surface area contributed by atoms with Gasteiger partial charge < -0.3 is 10.2 Å². The van der Waals surface area contributed by atoms with Crippen LogP contribution in [0.3, 0.4) is 0 Å². The predicted octanol–water partition coefficient (Wildman–Crippen LogP) is 1.17. The third-order valence-corrected chi connectivity index (χ3v) is 3.55. The smallest absolute Gasteiger partial charge is 0.256 e. The zero-order valence-electron chi connectivity index (χ0n) is 10.3. The molecule has 90 valence electrons. The summed E-state index contributed by atoms with van der Waals surface area (Å²) < 4.78 is 0. The van der Waals surface area contributed by atoms with E-state index in [2.05, 4.69) is 12.2 Å². The molecule has 0 saturated carbocycles. The largest absolute Gasteiger partial charge is 0.314 e. The second-order valence-electron chi connectivity index (χ2n) is 4.81. The standard InChI is InChI=1S/C12H21N3O/c1-3-4-6-10-14-12(11(16)15(10)2)7-5-8-13-9-12/h13H,3-9H2,1-2H3. The maximum atomic E-state index is 12.2. The van der Waals surface area contributed by atoms with Gasteiger partial charge in [0.05, 0.1) is 0 Å². The van der Waals surface area contributed by atoms with Gasteiger partial charge in [0, 0.05) is 20.0 Å². The number of carbonyl (C=O) groups is 1. The number of hydrogen-bond donors (Lipinski definition) is 1. The molecular formula is C12H21N3O. The summed E-state index contributed by atoms with van der Waals surface area (Å²) >= 11 is 0. The van der Waals surface area contributed by atoms with Crippen molar-refractivity contribution in [2.75, 3.05) is 20.1 Å². The van der Waals surface area contributed by atoms with Crippen molar-refractivity contribution in [3.8, 4) is 0 Å². The van der Waals surface area contributed by atoms with Crippen LogP contribution in [0.2, 0.25) is 0 Å². The molecule has 0 aromatic rings. The van der Waals surface area contributed by atoms with Gasteiger partial charge in [0.25, 0.3) is 5.91 Å². The van der Waals surface area contributed by atoms with Crippen molar-refractivity contribution >= 4 is 11.7 Å². The zero-order valence-corrected chi connectivity index (χ0v) is 10.3. The van der Waals surface area contributed by atoms with Gasteiger partial charge in [-0.2, -0.15) is 0 Å². The molecule has 0 radical (unpaired) electrons. The number of nitrogens with zero attached hydrogens (tertiary/aromatic N) is 2. The van der Waals surface area contributed by atoms with Gasteiger partial charge in [-0.3, -0.25) is 9.79 Å². The van der Waals surface area contributed by atoms with Gasteiger partial charge in [0.15, 0.2) is 5.54 Å². The lowest BCUT2D eigenvalue weighted by atomic mass is 9.90. The maximum absolute atomic E-state index is 12.2. The summed E-state index contributed by atoms with van der Waals surface area (Å²) in [6.45, 7) is 3.89. The number of rotatable bonds is 3. The van der Waals surface area contributed by atoms with Gasteiger partial charge >= 0.3 is 0 Å². The zero-order chi connectivity index (χ0) is 11.6. The van der Waals surface area contributed by atoms with Crippen LogP contribution < -0.4 is 5.32 Å². The number of amidine groups is 1. The fraction of sp³-hybridized carbons (Fsp3) is 0.833. The Labute approximate surface area is 97.1 Å². The second-order valence-corrected chi connectivity index (χ2v) is 4.81. The first-order valence-electron chi connectivity index (χ1n) is 6.27. The van der Waals surface area contributed by atoms with E-state index >= 15 is 0 Å². The van der Waals surface area contributed by atoms with E-state index in [9.17, 15) is 4.79 Å². The first kappa shape index (κ1) is 11.6. The van der Waals surface area contributed by atoms with Crippen LogP contribution in [0.25, 0.3) is 0 Å². The van der Waals surface area contributed by atoms with E-state index in [0.717, 1.165) is 44.5 Å². The highest BCUT2D eigenvalue weighted by Gasteiger charge is 2.46. The second kappa shape index (κ2) is 4.53. The average Bonchev–Trinajstić information content (AvgIpc) is 2.53. The van der Waals surface area contributed by atoms with Crippen LogP contribution >= 0.6 is 0 Å². The van der Waals surface area contributed by atoms with Crippen molar-refractivity contribution in [3.05, 3.63) is 0 Å². The number of amides is 1.